The van der Waals surface area contributed by atoms with E-state index in [9.17, 15) is 0 Å². The average Bonchev–Trinajstić information content (AvgIpc) is 2.73. The van der Waals surface area contributed by atoms with E-state index >= 15 is 0 Å². The molecular weight excluding hydrogens is 230 g/mol. The van der Waals surface area contributed by atoms with Crippen LogP contribution in [-0.2, 0) is 6.54 Å². The fourth-order valence-corrected chi connectivity index (χ4v) is 2.63. The molecule has 17 heavy (non-hydrogen) atoms. The molecule has 1 N–H and O–H groups in total. The van der Waals surface area contributed by atoms with E-state index in [4.69, 9.17) is 0 Å². The Kier molecular flexibility index (Phi) is 4.23. The van der Waals surface area contributed by atoms with Crippen molar-refractivity contribution in [3.63, 3.8) is 0 Å². The van der Waals surface area contributed by atoms with Crippen LogP contribution in [0.1, 0.15) is 23.9 Å². The van der Waals surface area contributed by atoms with Gasteiger partial charge >= 0.3 is 0 Å². The van der Waals surface area contributed by atoms with Gasteiger partial charge in [-0.3, -0.25) is 4.98 Å². The zero-order valence-electron chi connectivity index (χ0n) is 10.2. The summed E-state index contributed by atoms with van der Waals surface area (Å²) in [7, 11) is 0. The number of hydrogen-bond acceptors (Lipinski definition) is 4. The van der Waals surface area contributed by atoms with Crippen molar-refractivity contribution in [2.45, 2.75) is 26.8 Å². The molecule has 0 fully saturated rings. The van der Waals surface area contributed by atoms with Gasteiger partial charge in [-0.2, -0.15) is 0 Å². The molecule has 0 saturated heterocycles. The zero-order valence-corrected chi connectivity index (χ0v) is 11.0. The molecule has 0 atom stereocenters. The first-order valence-electron chi connectivity index (χ1n) is 5.88. The summed E-state index contributed by atoms with van der Waals surface area (Å²) in [5.41, 5.74) is 2.28. The van der Waals surface area contributed by atoms with Gasteiger partial charge in [0, 0.05) is 29.4 Å². The standard InChI is InChI=1S/C13H17N3S/c1-3-6-15-9-12-10(2)16-13(17-12)11-4-7-14-8-5-11/h4-5,7-8,15H,3,6,9H2,1-2H3. The molecule has 0 aliphatic carbocycles. The number of aromatic nitrogens is 2. The van der Waals surface area contributed by atoms with Gasteiger partial charge in [0.05, 0.1) is 5.69 Å². The predicted octanol–water partition coefficient (Wildman–Crippen LogP) is 3.01. The monoisotopic (exact) mass is 247 g/mol. The second-order valence-electron chi connectivity index (χ2n) is 3.94. The van der Waals surface area contributed by atoms with E-state index in [0.29, 0.717) is 0 Å². The van der Waals surface area contributed by atoms with Gasteiger partial charge in [-0.15, -0.1) is 11.3 Å². The summed E-state index contributed by atoms with van der Waals surface area (Å²) < 4.78 is 0. The molecule has 0 amide bonds. The average molecular weight is 247 g/mol. The Hall–Kier alpha value is -1.26. The highest BCUT2D eigenvalue weighted by molar-refractivity contribution is 7.15. The van der Waals surface area contributed by atoms with Crippen molar-refractivity contribution in [3.05, 3.63) is 35.1 Å². The van der Waals surface area contributed by atoms with E-state index < -0.39 is 0 Å². The highest BCUT2D eigenvalue weighted by atomic mass is 32.1. The van der Waals surface area contributed by atoms with Gasteiger partial charge in [-0.1, -0.05) is 6.92 Å². The summed E-state index contributed by atoms with van der Waals surface area (Å²) in [6, 6.07) is 4.00. The van der Waals surface area contributed by atoms with Crippen LogP contribution in [0, 0.1) is 6.92 Å². The normalized spacial score (nSPS) is 10.7. The molecule has 2 aromatic rings. The molecule has 0 radical (unpaired) electrons. The van der Waals surface area contributed by atoms with Crippen LogP contribution in [0.15, 0.2) is 24.5 Å². The van der Waals surface area contributed by atoms with Crippen LogP contribution in [0.5, 0.6) is 0 Å². The van der Waals surface area contributed by atoms with Crippen molar-refractivity contribution in [3.8, 4) is 10.6 Å². The second kappa shape index (κ2) is 5.89. The van der Waals surface area contributed by atoms with E-state index in [1.54, 1.807) is 23.7 Å². The molecule has 2 heterocycles. The molecule has 0 unspecified atom stereocenters. The maximum Gasteiger partial charge on any atom is 0.124 e. The number of nitrogens with one attached hydrogen (secondary N) is 1. The van der Waals surface area contributed by atoms with Crippen molar-refractivity contribution in [2.24, 2.45) is 0 Å². The molecule has 0 saturated carbocycles. The Morgan fingerprint density at radius 3 is 2.76 bits per heavy atom. The summed E-state index contributed by atoms with van der Waals surface area (Å²) in [6.45, 7) is 6.23. The first-order valence-corrected chi connectivity index (χ1v) is 6.70. The molecule has 0 bridgehead atoms. The van der Waals surface area contributed by atoms with Crippen LogP contribution in [0.2, 0.25) is 0 Å². The molecule has 4 heteroatoms. The van der Waals surface area contributed by atoms with Crippen molar-refractivity contribution in [1.82, 2.24) is 15.3 Å². The highest BCUT2D eigenvalue weighted by Gasteiger charge is 2.08. The van der Waals surface area contributed by atoms with E-state index in [1.807, 2.05) is 12.1 Å². The smallest absolute Gasteiger partial charge is 0.124 e. The summed E-state index contributed by atoms with van der Waals surface area (Å²) in [5.74, 6) is 0. The maximum absolute atomic E-state index is 4.61. The summed E-state index contributed by atoms with van der Waals surface area (Å²) in [4.78, 5) is 9.96. The second-order valence-corrected chi connectivity index (χ2v) is 5.02. The molecular formula is C13H17N3S. The topological polar surface area (TPSA) is 37.8 Å². The van der Waals surface area contributed by atoms with Crippen molar-refractivity contribution >= 4 is 11.3 Å². The Morgan fingerprint density at radius 1 is 1.29 bits per heavy atom. The minimum Gasteiger partial charge on any atom is -0.312 e. The summed E-state index contributed by atoms with van der Waals surface area (Å²) in [5, 5.41) is 4.50. The molecule has 0 aliphatic heterocycles. The van der Waals surface area contributed by atoms with E-state index in [1.165, 1.54) is 4.88 Å². The predicted molar refractivity (Wildman–Crippen MR) is 72.1 cm³/mol. The third kappa shape index (κ3) is 3.11. The third-order valence-corrected chi connectivity index (χ3v) is 3.74. The van der Waals surface area contributed by atoms with Crippen molar-refractivity contribution < 1.29 is 0 Å². The van der Waals surface area contributed by atoms with E-state index in [-0.39, 0.29) is 0 Å². The van der Waals surface area contributed by atoms with Crippen LogP contribution in [0.25, 0.3) is 10.6 Å². The first-order chi connectivity index (χ1) is 8.31. The quantitative estimate of drug-likeness (QED) is 0.825. The summed E-state index contributed by atoms with van der Waals surface area (Å²) in [6.07, 6.45) is 4.78. The lowest BCUT2D eigenvalue weighted by Gasteiger charge is -1.99. The van der Waals surface area contributed by atoms with Crippen LogP contribution in [-0.4, -0.2) is 16.5 Å². The van der Waals surface area contributed by atoms with Crippen molar-refractivity contribution in [1.29, 1.82) is 0 Å². The van der Waals surface area contributed by atoms with Crippen LogP contribution in [0.4, 0.5) is 0 Å². The van der Waals surface area contributed by atoms with Crippen molar-refractivity contribution in [2.75, 3.05) is 6.54 Å². The van der Waals surface area contributed by atoms with Gasteiger partial charge in [0.1, 0.15) is 5.01 Å². The SMILES string of the molecule is CCCNCc1sc(-c2ccncc2)nc1C. The Balaban J connectivity index is 2.13. The van der Waals surface area contributed by atoms with Crippen LogP contribution >= 0.6 is 11.3 Å². The van der Waals surface area contributed by atoms with Gasteiger partial charge in [0.2, 0.25) is 0 Å². The molecule has 3 nitrogen and oxygen atoms in total. The lowest BCUT2D eigenvalue weighted by atomic mass is 10.3. The van der Waals surface area contributed by atoms with Gasteiger partial charge < -0.3 is 5.32 Å². The highest BCUT2D eigenvalue weighted by Crippen LogP contribution is 2.27. The van der Waals surface area contributed by atoms with Gasteiger partial charge in [0.15, 0.2) is 0 Å². The largest absolute Gasteiger partial charge is 0.312 e. The maximum atomic E-state index is 4.61. The molecule has 2 aromatic heterocycles. The Labute approximate surface area is 106 Å². The lowest BCUT2D eigenvalue weighted by molar-refractivity contribution is 0.678. The summed E-state index contributed by atoms with van der Waals surface area (Å²) >= 11 is 1.76. The minimum atomic E-state index is 0.919. The number of rotatable bonds is 5. The van der Waals surface area contributed by atoms with E-state index in [0.717, 1.165) is 35.8 Å². The molecule has 0 spiro atoms. The number of nitrogens with zero attached hydrogens (tertiary/aromatic N) is 2. The Morgan fingerprint density at radius 2 is 2.06 bits per heavy atom. The number of pyridine rings is 1. The Bertz CT molecular complexity index is 465. The van der Waals surface area contributed by atoms with Crippen LogP contribution in [0.3, 0.4) is 0 Å². The molecule has 90 valence electrons. The number of thiazole rings is 1. The lowest BCUT2D eigenvalue weighted by Crippen LogP contribution is -2.13. The fourth-order valence-electron chi connectivity index (χ4n) is 1.59. The van der Waals surface area contributed by atoms with Crippen LogP contribution < -0.4 is 5.32 Å². The molecule has 0 aromatic carbocycles. The first kappa shape index (κ1) is 12.2. The van der Waals surface area contributed by atoms with Gasteiger partial charge in [-0.25, -0.2) is 4.98 Å². The van der Waals surface area contributed by atoms with E-state index in [2.05, 4.69) is 29.1 Å². The van der Waals surface area contributed by atoms with Gasteiger partial charge in [0.25, 0.3) is 0 Å². The van der Waals surface area contributed by atoms with Gasteiger partial charge in [-0.05, 0) is 32.0 Å². The minimum absolute atomic E-state index is 0.919. The molecule has 0 aliphatic rings. The third-order valence-electron chi connectivity index (χ3n) is 2.53. The number of aryl methyl sites for hydroxylation is 1. The fraction of sp³-hybridized carbons (Fsp3) is 0.385. The zero-order chi connectivity index (χ0) is 12.1. The molecule has 2 rings (SSSR count). The number of hydrogen-bond donors (Lipinski definition) is 1.